The maximum atomic E-state index is 11.5. The van der Waals surface area contributed by atoms with E-state index in [4.69, 9.17) is 28.5 Å². The van der Waals surface area contributed by atoms with Gasteiger partial charge >= 0.3 is 0 Å². The smallest absolute Gasteiger partial charge is 0.234 e. The number of carbonyl (C=O) groups is 1. The molecule has 0 aliphatic rings. The third-order valence-corrected chi connectivity index (χ3v) is 3.32. The fourth-order valence-corrected chi connectivity index (χ4v) is 2.04. The van der Waals surface area contributed by atoms with Gasteiger partial charge in [0.1, 0.15) is 0 Å². The lowest BCUT2D eigenvalue weighted by Gasteiger charge is -2.07. The first-order valence-corrected chi connectivity index (χ1v) is 6.74. The van der Waals surface area contributed by atoms with Crippen molar-refractivity contribution in [2.24, 2.45) is 0 Å². The first-order chi connectivity index (χ1) is 8.13. The van der Waals surface area contributed by atoms with Gasteiger partial charge in [-0.1, -0.05) is 23.2 Å². The number of anilines is 1. The Hall–Kier alpha value is -0.890. The zero-order valence-corrected chi connectivity index (χ0v) is 11.2. The fourth-order valence-electron chi connectivity index (χ4n) is 1.06. The molecule has 0 radical (unpaired) electrons. The number of carbonyl (C=O) groups excluding carboxylic acids is 1. The number of hydrogen-bond donors (Lipinski definition) is 1. The van der Waals surface area contributed by atoms with Crippen molar-refractivity contribution in [3.05, 3.63) is 28.2 Å². The Balaban J connectivity index is 2.45. The highest BCUT2D eigenvalue weighted by molar-refractivity contribution is 7.99. The van der Waals surface area contributed by atoms with Gasteiger partial charge in [-0.05, 0) is 18.2 Å². The molecule has 1 aromatic rings. The number of rotatable bonds is 5. The summed E-state index contributed by atoms with van der Waals surface area (Å²) in [6.45, 7) is 0. The lowest BCUT2D eigenvalue weighted by Crippen LogP contribution is -2.14. The van der Waals surface area contributed by atoms with Crippen LogP contribution in [0, 0.1) is 11.3 Å². The molecule has 0 aliphatic carbocycles. The summed E-state index contributed by atoms with van der Waals surface area (Å²) in [7, 11) is 0. The number of halogens is 2. The number of thioether (sulfide) groups is 1. The molecule has 0 heterocycles. The quantitative estimate of drug-likeness (QED) is 0.843. The third kappa shape index (κ3) is 5.31. The van der Waals surface area contributed by atoms with Crippen molar-refractivity contribution >= 4 is 46.6 Å². The number of nitriles is 1. The maximum absolute atomic E-state index is 11.5. The van der Waals surface area contributed by atoms with Crippen LogP contribution in [0.25, 0.3) is 0 Å². The molecule has 0 spiro atoms. The molecular weight excluding hydrogens is 279 g/mol. The van der Waals surface area contributed by atoms with Crippen LogP contribution in [0.1, 0.15) is 6.42 Å². The van der Waals surface area contributed by atoms with Gasteiger partial charge in [0.05, 0.1) is 22.5 Å². The summed E-state index contributed by atoms with van der Waals surface area (Å²) in [5.74, 6) is 0.787. The van der Waals surface area contributed by atoms with E-state index in [0.717, 1.165) is 0 Å². The molecule has 0 bridgehead atoms. The van der Waals surface area contributed by atoms with Gasteiger partial charge in [-0.15, -0.1) is 0 Å². The Kier molecular flexibility index (Phi) is 6.20. The second-order valence-electron chi connectivity index (χ2n) is 3.13. The Bertz CT molecular complexity index is 446. The van der Waals surface area contributed by atoms with Crippen molar-refractivity contribution in [2.75, 3.05) is 16.8 Å². The molecule has 1 aromatic carbocycles. The second kappa shape index (κ2) is 7.44. The lowest BCUT2D eigenvalue weighted by molar-refractivity contribution is -0.113. The molecule has 0 aromatic heterocycles. The summed E-state index contributed by atoms with van der Waals surface area (Å²) >= 11 is 13.1. The molecule has 1 rings (SSSR count). The second-order valence-corrected chi connectivity index (χ2v) is 5.08. The van der Waals surface area contributed by atoms with Crippen LogP contribution in [0.5, 0.6) is 0 Å². The molecule has 6 heteroatoms. The summed E-state index contributed by atoms with van der Waals surface area (Å²) < 4.78 is 0. The van der Waals surface area contributed by atoms with Crippen LogP contribution in [0.2, 0.25) is 10.0 Å². The van der Waals surface area contributed by atoms with E-state index < -0.39 is 0 Å². The van der Waals surface area contributed by atoms with E-state index in [1.165, 1.54) is 11.8 Å². The number of benzene rings is 1. The van der Waals surface area contributed by atoms with Crippen molar-refractivity contribution in [2.45, 2.75) is 6.42 Å². The topological polar surface area (TPSA) is 52.9 Å². The van der Waals surface area contributed by atoms with Crippen molar-refractivity contribution in [3.8, 4) is 6.07 Å². The molecule has 0 saturated heterocycles. The van der Waals surface area contributed by atoms with Gasteiger partial charge in [-0.2, -0.15) is 17.0 Å². The molecule has 0 fully saturated rings. The van der Waals surface area contributed by atoms with E-state index in [0.29, 0.717) is 33.7 Å². The van der Waals surface area contributed by atoms with E-state index in [-0.39, 0.29) is 5.91 Å². The highest BCUT2D eigenvalue weighted by atomic mass is 35.5. The normalized spacial score (nSPS) is 9.71. The van der Waals surface area contributed by atoms with Crippen LogP contribution in [0.3, 0.4) is 0 Å². The van der Waals surface area contributed by atoms with Crippen LogP contribution in [-0.2, 0) is 4.79 Å². The molecule has 3 nitrogen and oxygen atoms in total. The van der Waals surface area contributed by atoms with E-state index in [1.807, 2.05) is 6.07 Å². The van der Waals surface area contributed by atoms with Crippen molar-refractivity contribution < 1.29 is 4.79 Å². The predicted octanol–water partition coefficient (Wildman–Crippen LogP) is 3.58. The van der Waals surface area contributed by atoms with Crippen LogP contribution in [0.15, 0.2) is 18.2 Å². The first kappa shape index (κ1) is 14.2. The van der Waals surface area contributed by atoms with Crippen molar-refractivity contribution in [1.82, 2.24) is 0 Å². The number of hydrogen-bond acceptors (Lipinski definition) is 3. The Labute approximate surface area is 114 Å². The molecule has 0 atom stereocenters. The molecule has 0 aliphatic heterocycles. The third-order valence-electron chi connectivity index (χ3n) is 1.79. The molecule has 1 N–H and O–H groups in total. The molecule has 1 amide bonds. The standard InChI is InChI=1S/C11H10Cl2N2OS/c12-8-2-3-9(13)10(6-8)15-11(16)7-17-5-1-4-14/h2-3,6H,1,5,7H2,(H,15,16). The summed E-state index contributed by atoms with van der Waals surface area (Å²) in [4.78, 5) is 11.5. The lowest BCUT2D eigenvalue weighted by atomic mass is 10.3. The van der Waals surface area contributed by atoms with Gasteiger partial charge in [0.2, 0.25) is 5.91 Å². The summed E-state index contributed by atoms with van der Waals surface area (Å²) in [5.41, 5.74) is 0.505. The van der Waals surface area contributed by atoms with Gasteiger partial charge in [-0.3, -0.25) is 4.79 Å². The minimum absolute atomic E-state index is 0.155. The predicted molar refractivity (Wildman–Crippen MR) is 72.6 cm³/mol. The summed E-state index contributed by atoms with van der Waals surface area (Å²) in [6.07, 6.45) is 0.440. The fraction of sp³-hybridized carbons (Fsp3) is 0.273. The zero-order valence-electron chi connectivity index (χ0n) is 8.87. The molecule has 90 valence electrons. The van der Waals surface area contributed by atoms with E-state index in [1.54, 1.807) is 18.2 Å². The van der Waals surface area contributed by atoms with Gasteiger partial charge in [0, 0.05) is 17.2 Å². The Morgan fingerprint density at radius 3 is 2.94 bits per heavy atom. The molecule has 17 heavy (non-hydrogen) atoms. The minimum Gasteiger partial charge on any atom is -0.324 e. The number of nitrogens with zero attached hydrogens (tertiary/aromatic N) is 1. The first-order valence-electron chi connectivity index (χ1n) is 4.83. The molecular formula is C11H10Cl2N2OS. The van der Waals surface area contributed by atoms with Crippen LogP contribution < -0.4 is 5.32 Å². The average molecular weight is 289 g/mol. The summed E-state index contributed by atoms with van der Waals surface area (Å²) in [6, 6.07) is 6.90. The van der Waals surface area contributed by atoms with Gasteiger partial charge < -0.3 is 5.32 Å². The van der Waals surface area contributed by atoms with Crippen molar-refractivity contribution in [3.63, 3.8) is 0 Å². The zero-order chi connectivity index (χ0) is 12.7. The van der Waals surface area contributed by atoms with E-state index in [2.05, 4.69) is 5.32 Å². The minimum atomic E-state index is -0.155. The van der Waals surface area contributed by atoms with Crippen LogP contribution >= 0.6 is 35.0 Å². The highest BCUT2D eigenvalue weighted by Gasteiger charge is 2.06. The average Bonchev–Trinajstić information content (AvgIpc) is 2.29. The molecule has 0 unspecified atom stereocenters. The molecule has 0 saturated carbocycles. The van der Waals surface area contributed by atoms with Crippen LogP contribution in [-0.4, -0.2) is 17.4 Å². The van der Waals surface area contributed by atoms with Crippen molar-refractivity contribution in [1.29, 1.82) is 5.26 Å². The largest absolute Gasteiger partial charge is 0.324 e. The Morgan fingerprint density at radius 1 is 1.47 bits per heavy atom. The van der Waals surface area contributed by atoms with Gasteiger partial charge in [0.15, 0.2) is 0 Å². The SMILES string of the molecule is N#CCCSCC(=O)Nc1cc(Cl)ccc1Cl. The monoisotopic (exact) mass is 288 g/mol. The van der Waals surface area contributed by atoms with E-state index >= 15 is 0 Å². The van der Waals surface area contributed by atoms with Gasteiger partial charge in [-0.25, -0.2) is 0 Å². The van der Waals surface area contributed by atoms with E-state index in [9.17, 15) is 4.79 Å². The highest BCUT2D eigenvalue weighted by Crippen LogP contribution is 2.25. The summed E-state index contributed by atoms with van der Waals surface area (Å²) in [5, 5.41) is 12.0. The number of amides is 1. The number of nitrogens with one attached hydrogen (secondary N) is 1. The Morgan fingerprint density at radius 2 is 2.24 bits per heavy atom. The maximum Gasteiger partial charge on any atom is 0.234 e. The van der Waals surface area contributed by atoms with Crippen LogP contribution in [0.4, 0.5) is 5.69 Å². The van der Waals surface area contributed by atoms with Gasteiger partial charge in [0.25, 0.3) is 0 Å².